The molecule has 0 aliphatic heterocycles. The summed E-state index contributed by atoms with van der Waals surface area (Å²) in [6.45, 7) is 2.09. The van der Waals surface area contributed by atoms with Crippen molar-refractivity contribution in [1.82, 2.24) is 9.78 Å². The summed E-state index contributed by atoms with van der Waals surface area (Å²) in [5, 5.41) is 8.27. The molecule has 2 rings (SSSR count). The highest BCUT2D eigenvalue weighted by Gasteiger charge is 2.09. The molecular formula is C12H13BrClN3. The van der Waals surface area contributed by atoms with Crippen LogP contribution in [0, 0.1) is 0 Å². The second-order valence-corrected chi connectivity index (χ2v) is 5.23. The summed E-state index contributed by atoms with van der Waals surface area (Å²) in [5.41, 5.74) is 2.12. The Kier molecular flexibility index (Phi) is 3.74. The van der Waals surface area contributed by atoms with E-state index in [-0.39, 0.29) is 6.04 Å². The second-order valence-electron chi connectivity index (χ2n) is 3.94. The van der Waals surface area contributed by atoms with Gasteiger partial charge >= 0.3 is 0 Å². The van der Waals surface area contributed by atoms with Crippen molar-refractivity contribution in [3.8, 4) is 0 Å². The van der Waals surface area contributed by atoms with Crippen molar-refractivity contribution in [3.63, 3.8) is 0 Å². The standard InChI is InChI=1S/C12H13BrClN3/c1-8(9-6-15-17(2)7-9)16-12-5-10(14)3-4-11(12)13/h3-8,16H,1-2H3. The van der Waals surface area contributed by atoms with Gasteiger partial charge in [0.2, 0.25) is 0 Å². The molecule has 5 heteroatoms. The molecule has 2 aromatic rings. The van der Waals surface area contributed by atoms with Gasteiger partial charge in [0, 0.05) is 28.3 Å². The molecule has 0 fully saturated rings. The molecule has 1 N–H and O–H groups in total. The van der Waals surface area contributed by atoms with E-state index in [1.165, 1.54) is 0 Å². The third kappa shape index (κ3) is 3.01. The molecule has 17 heavy (non-hydrogen) atoms. The van der Waals surface area contributed by atoms with Gasteiger partial charge < -0.3 is 5.32 Å². The Morgan fingerprint density at radius 3 is 2.88 bits per heavy atom. The highest BCUT2D eigenvalue weighted by atomic mass is 79.9. The summed E-state index contributed by atoms with van der Waals surface area (Å²) in [5.74, 6) is 0. The molecule has 0 amide bonds. The molecule has 0 saturated carbocycles. The second kappa shape index (κ2) is 5.10. The number of rotatable bonds is 3. The number of aromatic nitrogens is 2. The van der Waals surface area contributed by atoms with Gasteiger partial charge in [0.1, 0.15) is 0 Å². The zero-order chi connectivity index (χ0) is 12.4. The molecule has 0 saturated heterocycles. The van der Waals surface area contributed by atoms with E-state index in [4.69, 9.17) is 11.6 Å². The molecule has 0 bridgehead atoms. The lowest BCUT2D eigenvalue weighted by Crippen LogP contribution is -2.06. The Morgan fingerprint density at radius 1 is 1.47 bits per heavy atom. The maximum atomic E-state index is 5.97. The number of nitrogens with zero attached hydrogens (tertiary/aromatic N) is 2. The molecule has 90 valence electrons. The van der Waals surface area contributed by atoms with Crippen molar-refractivity contribution < 1.29 is 0 Å². The Morgan fingerprint density at radius 2 is 2.24 bits per heavy atom. The lowest BCUT2D eigenvalue weighted by molar-refractivity contribution is 0.765. The number of hydrogen-bond donors (Lipinski definition) is 1. The minimum Gasteiger partial charge on any atom is -0.377 e. The van der Waals surface area contributed by atoms with E-state index in [0.717, 1.165) is 15.7 Å². The number of hydrogen-bond acceptors (Lipinski definition) is 2. The van der Waals surface area contributed by atoms with Crippen molar-refractivity contribution in [2.75, 3.05) is 5.32 Å². The van der Waals surface area contributed by atoms with Gasteiger partial charge in [-0.2, -0.15) is 5.10 Å². The van der Waals surface area contributed by atoms with E-state index >= 15 is 0 Å². The summed E-state index contributed by atoms with van der Waals surface area (Å²) in [7, 11) is 1.91. The Labute approximate surface area is 114 Å². The molecule has 1 unspecified atom stereocenters. The van der Waals surface area contributed by atoms with Crippen LogP contribution in [0.25, 0.3) is 0 Å². The fraction of sp³-hybridized carbons (Fsp3) is 0.250. The number of halogens is 2. The third-order valence-corrected chi connectivity index (χ3v) is 3.45. The van der Waals surface area contributed by atoms with E-state index < -0.39 is 0 Å². The third-order valence-electron chi connectivity index (χ3n) is 2.53. The lowest BCUT2D eigenvalue weighted by atomic mass is 10.2. The Hall–Kier alpha value is -1.00. The molecule has 0 aliphatic rings. The maximum absolute atomic E-state index is 5.97. The van der Waals surface area contributed by atoms with Gasteiger partial charge in [-0.15, -0.1) is 0 Å². The van der Waals surface area contributed by atoms with Gasteiger partial charge in [-0.3, -0.25) is 4.68 Å². The number of aryl methyl sites for hydroxylation is 1. The van der Waals surface area contributed by atoms with Crippen molar-refractivity contribution in [1.29, 1.82) is 0 Å². The molecule has 1 aromatic heterocycles. The molecule has 0 spiro atoms. The molecule has 0 aliphatic carbocycles. The van der Waals surface area contributed by atoms with Gasteiger partial charge in [0.25, 0.3) is 0 Å². The van der Waals surface area contributed by atoms with Crippen molar-refractivity contribution in [2.24, 2.45) is 7.05 Å². The number of anilines is 1. The average molecular weight is 315 g/mol. The predicted molar refractivity (Wildman–Crippen MR) is 74.4 cm³/mol. The molecular weight excluding hydrogens is 302 g/mol. The maximum Gasteiger partial charge on any atom is 0.0542 e. The topological polar surface area (TPSA) is 29.9 Å². The minimum absolute atomic E-state index is 0.179. The monoisotopic (exact) mass is 313 g/mol. The van der Waals surface area contributed by atoms with E-state index in [0.29, 0.717) is 5.02 Å². The van der Waals surface area contributed by atoms with Crippen LogP contribution in [-0.2, 0) is 7.05 Å². The summed E-state index contributed by atoms with van der Waals surface area (Å²) < 4.78 is 2.79. The van der Waals surface area contributed by atoms with Crippen LogP contribution in [0.5, 0.6) is 0 Å². The normalized spacial score (nSPS) is 12.5. The quantitative estimate of drug-likeness (QED) is 0.927. The summed E-state index contributed by atoms with van der Waals surface area (Å²) >= 11 is 9.47. The van der Waals surface area contributed by atoms with Crippen LogP contribution < -0.4 is 5.32 Å². The van der Waals surface area contributed by atoms with Crippen molar-refractivity contribution in [3.05, 3.63) is 45.7 Å². The van der Waals surface area contributed by atoms with Crippen LogP contribution in [0.4, 0.5) is 5.69 Å². The van der Waals surface area contributed by atoms with Crippen LogP contribution >= 0.6 is 27.5 Å². The highest BCUT2D eigenvalue weighted by molar-refractivity contribution is 9.10. The number of nitrogens with one attached hydrogen (secondary N) is 1. The molecule has 3 nitrogen and oxygen atoms in total. The van der Waals surface area contributed by atoms with Crippen molar-refractivity contribution in [2.45, 2.75) is 13.0 Å². The van der Waals surface area contributed by atoms with Crippen LogP contribution in [-0.4, -0.2) is 9.78 Å². The first kappa shape index (κ1) is 12.5. The summed E-state index contributed by atoms with van der Waals surface area (Å²) in [6.07, 6.45) is 3.85. The van der Waals surface area contributed by atoms with Gasteiger partial charge in [-0.05, 0) is 41.1 Å². The SMILES string of the molecule is CC(Nc1cc(Cl)ccc1Br)c1cnn(C)c1. The average Bonchev–Trinajstić information content (AvgIpc) is 2.70. The predicted octanol–water partition coefficient (Wildman–Crippen LogP) is 4.01. The number of benzene rings is 1. The zero-order valence-electron chi connectivity index (χ0n) is 9.61. The van der Waals surface area contributed by atoms with Crippen LogP contribution in [0.15, 0.2) is 35.1 Å². The fourth-order valence-electron chi connectivity index (χ4n) is 1.59. The van der Waals surface area contributed by atoms with E-state index in [2.05, 4.69) is 33.3 Å². The lowest BCUT2D eigenvalue weighted by Gasteiger charge is -2.15. The van der Waals surface area contributed by atoms with Crippen LogP contribution in [0.2, 0.25) is 5.02 Å². The van der Waals surface area contributed by atoms with E-state index in [1.807, 2.05) is 37.6 Å². The first-order valence-electron chi connectivity index (χ1n) is 5.26. The van der Waals surface area contributed by atoms with E-state index in [9.17, 15) is 0 Å². The van der Waals surface area contributed by atoms with Crippen LogP contribution in [0.1, 0.15) is 18.5 Å². The molecule has 1 atom stereocenters. The summed E-state index contributed by atoms with van der Waals surface area (Å²) in [4.78, 5) is 0. The molecule has 0 radical (unpaired) electrons. The van der Waals surface area contributed by atoms with Gasteiger partial charge in [0.15, 0.2) is 0 Å². The Balaban J connectivity index is 2.18. The smallest absolute Gasteiger partial charge is 0.0542 e. The molecule has 1 heterocycles. The Bertz CT molecular complexity index is 524. The van der Waals surface area contributed by atoms with E-state index in [1.54, 1.807) is 4.68 Å². The fourth-order valence-corrected chi connectivity index (χ4v) is 2.12. The zero-order valence-corrected chi connectivity index (χ0v) is 12.0. The highest BCUT2D eigenvalue weighted by Crippen LogP contribution is 2.29. The van der Waals surface area contributed by atoms with Gasteiger partial charge in [-0.1, -0.05) is 11.6 Å². The minimum atomic E-state index is 0.179. The van der Waals surface area contributed by atoms with Gasteiger partial charge in [0.05, 0.1) is 17.9 Å². The first-order chi connectivity index (χ1) is 8.06. The van der Waals surface area contributed by atoms with Crippen molar-refractivity contribution >= 4 is 33.2 Å². The first-order valence-corrected chi connectivity index (χ1v) is 6.43. The molecule has 1 aromatic carbocycles. The largest absolute Gasteiger partial charge is 0.377 e. The van der Waals surface area contributed by atoms with Gasteiger partial charge in [-0.25, -0.2) is 0 Å². The summed E-state index contributed by atoms with van der Waals surface area (Å²) in [6, 6.07) is 5.86. The van der Waals surface area contributed by atoms with Crippen LogP contribution in [0.3, 0.4) is 0 Å².